The van der Waals surface area contributed by atoms with Crippen LogP contribution in [0.1, 0.15) is 5.56 Å². The van der Waals surface area contributed by atoms with Crippen molar-refractivity contribution < 1.29 is 13.2 Å². The fourth-order valence-corrected chi connectivity index (χ4v) is 4.69. The molecule has 192 valence electrons. The summed E-state index contributed by atoms with van der Waals surface area (Å²) in [5.41, 5.74) is 3.98. The second-order valence-corrected chi connectivity index (χ2v) is 10.8. The fourth-order valence-electron chi connectivity index (χ4n) is 3.69. The summed E-state index contributed by atoms with van der Waals surface area (Å²) in [5, 5.41) is 4.52. The molecule has 0 saturated carbocycles. The Morgan fingerprint density at radius 1 is 0.947 bits per heavy atom. The largest absolute Gasteiger partial charge is 0.487 e. The van der Waals surface area contributed by atoms with Crippen LogP contribution >= 0.6 is 23.2 Å². The van der Waals surface area contributed by atoms with E-state index in [9.17, 15) is 8.42 Å². The summed E-state index contributed by atoms with van der Waals surface area (Å²) in [7, 11) is -3.53. The smallest absolute Gasteiger partial charge is 0.229 e. The number of fused-ring (bicyclic) bond motifs is 1. The van der Waals surface area contributed by atoms with Crippen molar-refractivity contribution >= 4 is 61.3 Å². The molecule has 0 saturated heterocycles. The minimum atomic E-state index is -3.53. The van der Waals surface area contributed by atoms with Gasteiger partial charge in [-0.15, -0.1) is 0 Å². The molecule has 5 aromatic rings. The highest BCUT2D eigenvalue weighted by Gasteiger charge is 2.12. The normalized spacial score (nSPS) is 11.3. The number of sulfonamides is 1. The van der Waals surface area contributed by atoms with Crippen LogP contribution in [0.3, 0.4) is 0 Å². The van der Waals surface area contributed by atoms with Crippen molar-refractivity contribution in [1.82, 2.24) is 19.9 Å². The highest BCUT2D eigenvalue weighted by atomic mass is 35.5. The zero-order valence-electron chi connectivity index (χ0n) is 19.9. The highest BCUT2D eigenvalue weighted by molar-refractivity contribution is 7.92. The highest BCUT2D eigenvalue weighted by Crippen LogP contribution is 2.33. The maximum Gasteiger partial charge on any atom is 0.229 e. The molecule has 5 rings (SSSR count). The van der Waals surface area contributed by atoms with E-state index >= 15 is 0 Å². The second kappa shape index (κ2) is 10.8. The minimum Gasteiger partial charge on any atom is -0.487 e. The molecule has 0 aliphatic heterocycles. The van der Waals surface area contributed by atoms with Crippen LogP contribution in [0.5, 0.6) is 5.75 Å². The van der Waals surface area contributed by atoms with Crippen molar-refractivity contribution in [3.63, 3.8) is 0 Å². The third-order valence-corrected chi connectivity index (χ3v) is 6.60. The lowest BCUT2D eigenvalue weighted by Crippen LogP contribution is -2.10. The maximum absolute atomic E-state index is 11.7. The summed E-state index contributed by atoms with van der Waals surface area (Å²) in [4.78, 5) is 17.0. The van der Waals surface area contributed by atoms with Crippen LogP contribution in [0.25, 0.3) is 22.0 Å². The number of hydrogen-bond acceptors (Lipinski definition) is 8. The van der Waals surface area contributed by atoms with Crippen LogP contribution in [-0.2, 0) is 16.6 Å². The van der Waals surface area contributed by atoms with E-state index in [2.05, 4.69) is 30.0 Å². The van der Waals surface area contributed by atoms with Crippen LogP contribution in [0.4, 0.5) is 17.2 Å². The van der Waals surface area contributed by atoms with Crippen LogP contribution < -0.4 is 14.8 Å². The monoisotopic (exact) mass is 566 g/mol. The number of pyridine rings is 2. The molecular weight excluding hydrogens is 547 g/mol. The molecule has 9 nitrogen and oxygen atoms in total. The SMILES string of the molecule is CS(=O)(=O)Nc1cc(-c2ccc3ncnc(Nc4ccc(OCc5cccnc5)c(Cl)c4)c3c2)cnc1Cl. The average molecular weight is 567 g/mol. The van der Waals surface area contributed by atoms with Gasteiger partial charge in [0, 0.05) is 40.8 Å². The van der Waals surface area contributed by atoms with E-state index < -0.39 is 10.0 Å². The lowest BCUT2D eigenvalue weighted by molar-refractivity contribution is 0.306. The zero-order valence-corrected chi connectivity index (χ0v) is 22.2. The summed E-state index contributed by atoms with van der Waals surface area (Å²) < 4.78 is 31.6. The molecule has 0 fully saturated rings. The number of hydrogen-bond donors (Lipinski definition) is 2. The molecule has 3 heterocycles. The summed E-state index contributed by atoms with van der Waals surface area (Å²) in [6.45, 7) is 0.348. The summed E-state index contributed by atoms with van der Waals surface area (Å²) >= 11 is 12.6. The van der Waals surface area contributed by atoms with Gasteiger partial charge in [-0.05, 0) is 48.0 Å². The van der Waals surface area contributed by atoms with Crippen molar-refractivity contribution in [3.05, 3.63) is 95.3 Å². The van der Waals surface area contributed by atoms with Crippen LogP contribution in [-0.4, -0.2) is 34.6 Å². The Morgan fingerprint density at radius 3 is 2.58 bits per heavy atom. The molecule has 12 heteroatoms. The molecule has 0 aliphatic rings. The number of rotatable bonds is 8. The zero-order chi connectivity index (χ0) is 26.7. The molecule has 0 unspecified atom stereocenters. The third-order valence-electron chi connectivity index (χ3n) is 5.41. The molecule has 2 N–H and O–H groups in total. The molecular formula is C26H20Cl2N6O3S. The van der Waals surface area contributed by atoms with E-state index in [1.807, 2.05) is 36.4 Å². The first-order valence-electron chi connectivity index (χ1n) is 11.2. The molecule has 0 amide bonds. The maximum atomic E-state index is 11.7. The second-order valence-electron chi connectivity index (χ2n) is 8.31. The van der Waals surface area contributed by atoms with Gasteiger partial charge in [-0.3, -0.25) is 9.71 Å². The summed E-state index contributed by atoms with van der Waals surface area (Å²) in [6.07, 6.45) is 7.53. The van der Waals surface area contributed by atoms with Gasteiger partial charge in [-0.1, -0.05) is 35.3 Å². The lowest BCUT2D eigenvalue weighted by atomic mass is 10.0. The third kappa shape index (κ3) is 6.10. The van der Waals surface area contributed by atoms with Crippen molar-refractivity contribution in [1.29, 1.82) is 0 Å². The van der Waals surface area contributed by atoms with Gasteiger partial charge in [0.2, 0.25) is 10.0 Å². The molecule has 0 spiro atoms. The van der Waals surface area contributed by atoms with Gasteiger partial charge in [0.25, 0.3) is 0 Å². The van der Waals surface area contributed by atoms with E-state index in [0.29, 0.717) is 40.0 Å². The molecule has 2 aromatic carbocycles. The Bertz CT molecular complexity index is 1740. The van der Waals surface area contributed by atoms with Gasteiger partial charge in [0.15, 0.2) is 5.15 Å². The Labute approximate surface area is 228 Å². The van der Waals surface area contributed by atoms with Gasteiger partial charge < -0.3 is 10.1 Å². The van der Waals surface area contributed by atoms with Crippen LogP contribution in [0.2, 0.25) is 10.2 Å². The van der Waals surface area contributed by atoms with Crippen molar-refractivity contribution in [2.75, 3.05) is 16.3 Å². The van der Waals surface area contributed by atoms with E-state index in [4.69, 9.17) is 27.9 Å². The number of nitrogens with one attached hydrogen (secondary N) is 2. The first-order valence-corrected chi connectivity index (χ1v) is 13.9. The minimum absolute atomic E-state index is 0.0513. The van der Waals surface area contributed by atoms with Gasteiger partial charge in [-0.2, -0.15) is 0 Å². The molecule has 3 aromatic heterocycles. The standard InChI is InChI=1S/C26H20Cl2N6O3S/c1-38(35,36)34-23-10-18(13-30-25(23)28)17-4-6-22-20(9-17)26(32-15-31-22)33-19-5-7-24(21(27)11-19)37-14-16-3-2-8-29-12-16/h2-13,15,34H,14H2,1H3,(H,31,32,33). The fraction of sp³-hybridized carbons (Fsp3) is 0.0769. The van der Waals surface area contributed by atoms with Crippen molar-refractivity contribution in [3.8, 4) is 16.9 Å². The number of nitrogens with zero attached hydrogens (tertiary/aromatic N) is 4. The van der Waals surface area contributed by atoms with Gasteiger partial charge in [0.1, 0.15) is 24.5 Å². The van der Waals surface area contributed by atoms with Gasteiger partial charge in [0.05, 0.1) is 22.5 Å². The van der Waals surface area contributed by atoms with Gasteiger partial charge >= 0.3 is 0 Å². The molecule has 0 radical (unpaired) electrons. The van der Waals surface area contributed by atoms with Crippen LogP contribution in [0, 0.1) is 0 Å². The predicted molar refractivity (Wildman–Crippen MR) is 150 cm³/mol. The molecule has 0 bridgehead atoms. The number of ether oxygens (including phenoxy) is 1. The molecule has 0 aliphatic carbocycles. The van der Waals surface area contributed by atoms with E-state index in [0.717, 1.165) is 22.8 Å². The average Bonchev–Trinajstić information content (AvgIpc) is 2.89. The summed E-state index contributed by atoms with van der Waals surface area (Å²) in [6, 6.07) is 16.4. The van der Waals surface area contributed by atoms with E-state index in [-0.39, 0.29) is 10.8 Å². The Kier molecular flexibility index (Phi) is 7.28. The Hall–Kier alpha value is -3.99. The quantitative estimate of drug-likeness (QED) is 0.216. The van der Waals surface area contributed by atoms with E-state index in [1.165, 1.54) is 6.33 Å². The Balaban J connectivity index is 1.41. The number of benzene rings is 2. The predicted octanol–water partition coefficient (Wildman–Crippen LogP) is 6.09. The summed E-state index contributed by atoms with van der Waals surface area (Å²) in [5.74, 6) is 1.11. The van der Waals surface area contributed by atoms with Crippen molar-refractivity contribution in [2.24, 2.45) is 0 Å². The molecule has 38 heavy (non-hydrogen) atoms. The number of halogens is 2. The lowest BCUT2D eigenvalue weighted by Gasteiger charge is -2.13. The van der Waals surface area contributed by atoms with E-state index in [1.54, 1.807) is 36.8 Å². The number of anilines is 3. The van der Waals surface area contributed by atoms with Crippen molar-refractivity contribution in [2.45, 2.75) is 6.61 Å². The van der Waals surface area contributed by atoms with Crippen LogP contribution in [0.15, 0.2) is 79.5 Å². The van der Waals surface area contributed by atoms with Gasteiger partial charge in [-0.25, -0.2) is 23.4 Å². The first kappa shape index (κ1) is 25.7. The molecule has 0 atom stereocenters. The first-order chi connectivity index (χ1) is 18.2. The number of aromatic nitrogens is 4. The topological polar surface area (TPSA) is 119 Å². The Morgan fingerprint density at radius 2 is 1.82 bits per heavy atom.